The number of hydrogen-bond acceptors (Lipinski definition) is 4. The monoisotopic (exact) mass is 335 g/mol. The fourth-order valence-electron chi connectivity index (χ4n) is 3.15. The zero-order valence-electron chi connectivity index (χ0n) is 13.0. The van der Waals surface area contributed by atoms with Crippen LogP contribution >= 0.6 is 11.3 Å². The third kappa shape index (κ3) is 2.54. The van der Waals surface area contributed by atoms with Crippen LogP contribution in [0.4, 0.5) is 5.00 Å². The summed E-state index contributed by atoms with van der Waals surface area (Å²) in [4.78, 5) is 13.1. The second-order valence-electron chi connectivity index (χ2n) is 5.92. The second-order valence-corrected chi connectivity index (χ2v) is 6.80. The molecule has 3 aromatic rings. The number of thiophene rings is 1. The molecule has 0 amide bonds. The standard InChI is InChI=1S/C20H17NO2S/c22-11-13-6-8-15(9-7-13)17-12-24-20-18(17)19(23)16(10-21-20)14-4-2-1-3-5-14/h1-9,12,16,21-22H,10-11H2. The maximum atomic E-state index is 13.1. The number of aliphatic hydroxyl groups excluding tert-OH is 1. The zero-order chi connectivity index (χ0) is 16.5. The van der Waals surface area contributed by atoms with Crippen LogP contribution in [0.2, 0.25) is 0 Å². The highest BCUT2D eigenvalue weighted by Crippen LogP contribution is 2.41. The van der Waals surface area contributed by atoms with Gasteiger partial charge >= 0.3 is 0 Å². The molecule has 4 heteroatoms. The van der Waals surface area contributed by atoms with Crippen LogP contribution in [0.3, 0.4) is 0 Å². The molecule has 1 aromatic heterocycles. The van der Waals surface area contributed by atoms with Crippen molar-refractivity contribution in [1.29, 1.82) is 0 Å². The van der Waals surface area contributed by atoms with Crippen LogP contribution < -0.4 is 5.32 Å². The highest BCUT2D eigenvalue weighted by molar-refractivity contribution is 7.15. The molecule has 4 rings (SSSR count). The molecule has 2 aromatic carbocycles. The third-order valence-corrected chi connectivity index (χ3v) is 5.41. The second kappa shape index (κ2) is 6.23. The Hall–Kier alpha value is -2.43. The molecule has 1 unspecified atom stereocenters. The summed E-state index contributed by atoms with van der Waals surface area (Å²) in [5.74, 6) is 0.0289. The Bertz CT molecular complexity index is 868. The van der Waals surface area contributed by atoms with Gasteiger partial charge in [0.25, 0.3) is 0 Å². The Morgan fingerprint density at radius 3 is 2.54 bits per heavy atom. The molecule has 0 saturated carbocycles. The van der Waals surface area contributed by atoms with Crippen molar-refractivity contribution in [1.82, 2.24) is 0 Å². The predicted molar refractivity (Wildman–Crippen MR) is 97.7 cm³/mol. The van der Waals surface area contributed by atoms with E-state index in [4.69, 9.17) is 0 Å². The molecule has 0 aliphatic carbocycles. The summed E-state index contributed by atoms with van der Waals surface area (Å²) in [7, 11) is 0. The summed E-state index contributed by atoms with van der Waals surface area (Å²) in [5, 5.41) is 15.6. The lowest BCUT2D eigenvalue weighted by Crippen LogP contribution is -2.27. The van der Waals surface area contributed by atoms with Crippen LogP contribution in [0.25, 0.3) is 11.1 Å². The van der Waals surface area contributed by atoms with Crippen LogP contribution in [-0.4, -0.2) is 17.4 Å². The van der Waals surface area contributed by atoms with E-state index in [1.807, 2.05) is 60.0 Å². The van der Waals surface area contributed by atoms with Gasteiger partial charge in [0, 0.05) is 17.5 Å². The number of carbonyl (C=O) groups is 1. The highest BCUT2D eigenvalue weighted by atomic mass is 32.1. The van der Waals surface area contributed by atoms with E-state index in [9.17, 15) is 9.90 Å². The van der Waals surface area contributed by atoms with E-state index in [0.717, 1.165) is 32.8 Å². The number of carbonyl (C=O) groups excluding carboxylic acids is 1. The highest BCUT2D eigenvalue weighted by Gasteiger charge is 2.32. The Kier molecular flexibility index (Phi) is 3.92. The smallest absolute Gasteiger partial charge is 0.175 e. The maximum absolute atomic E-state index is 13.1. The molecular weight excluding hydrogens is 318 g/mol. The van der Waals surface area contributed by atoms with Crippen molar-refractivity contribution in [2.24, 2.45) is 0 Å². The molecular formula is C20H17NO2S. The SMILES string of the molecule is O=C1c2c(-c3ccc(CO)cc3)csc2NCC1c1ccccc1. The van der Waals surface area contributed by atoms with Gasteiger partial charge in [-0.1, -0.05) is 54.6 Å². The minimum Gasteiger partial charge on any atom is -0.392 e. The van der Waals surface area contributed by atoms with E-state index in [1.165, 1.54) is 0 Å². The largest absolute Gasteiger partial charge is 0.392 e. The lowest BCUT2D eigenvalue weighted by molar-refractivity contribution is 0.0961. The van der Waals surface area contributed by atoms with Crippen LogP contribution in [0, 0.1) is 0 Å². The first-order valence-electron chi connectivity index (χ1n) is 7.92. The quantitative estimate of drug-likeness (QED) is 0.750. The van der Waals surface area contributed by atoms with Gasteiger partial charge in [-0.05, 0) is 16.7 Å². The van der Waals surface area contributed by atoms with Gasteiger partial charge in [-0.25, -0.2) is 0 Å². The number of benzene rings is 2. The van der Waals surface area contributed by atoms with Gasteiger partial charge in [0.15, 0.2) is 5.78 Å². The average Bonchev–Trinajstić information content (AvgIpc) is 3.08. The van der Waals surface area contributed by atoms with Gasteiger partial charge in [0.05, 0.1) is 23.1 Å². The van der Waals surface area contributed by atoms with Crippen molar-refractivity contribution in [2.75, 3.05) is 11.9 Å². The molecule has 1 aliphatic rings. The lowest BCUT2D eigenvalue weighted by atomic mass is 9.86. The Morgan fingerprint density at radius 2 is 1.83 bits per heavy atom. The molecule has 1 aliphatic heterocycles. The van der Waals surface area contributed by atoms with Gasteiger partial charge < -0.3 is 10.4 Å². The van der Waals surface area contributed by atoms with E-state index < -0.39 is 0 Å². The molecule has 0 saturated heterocycles. The Balaban J connectivity index is 1.74. The van der Waals surface area contributed by atoms with Crippen molar-refractivity contribution in [3.05, 3.63) is 76.7 Å². The molecule has 2 heterocycles. The predicted octanol–water partition coefficient (Wildman–Crippen LogP) is 4.30. The minimum atomic E-state index is -0.149. The number of ketones is 1. The number of anilines is 1. The first-order valence-corrected chi connectivity index (χ1v) is 8.80. The number of aliphatic hydroxyl groups is 1. The van der Waals surface area contributed by atoms with Crippen LogP contribution in [0.1, 0.15) is 27.4 Å². The number of Topliss-reactive ketones (excluding diaryl/α,β-unsaturated/α-hetero) is 1. The van der Waals surface area contributed by atoms with Crippen LogP contribution in [0.5, 0.6) is 0 Å². The van der Waals surface area contributed by atoms with E-state index in [1.54, 1.807) is 11.3 Å². The fourth-order valence-corrected chi connectivity index (χ4v) is 4.14. The minimum absolute atomic E-state index is 0.0264. The fraction of sp³-hybridized carbons (Fsp3) is 0.150. The van der Waals surface area contributed by atoms with Gasteiger partial charge in [0.1, 0.15) is 0 Å². The van der Waals surface area contributed by atoms with Crippen molar-refractivity contribution in [3.8, 4) is 11.1 Å². The van der Waals surface area contributed by atoms with Crippen molar-refractivity contribution in [3.63, 3.8) is 0 Å². The molecule has 2 N–H and O–H groups in total. The summed E-state index contributed by atoms with van der Waals surface area (Å²) in [6.45, 7) is 0.665. The number of nitrogens with one attached hydrogen (secondary N) is 1. The third-order valence-electron chi connectivity index (χ3n) is 4.47. The summed E-state index contributed by atoms with van der Waals surface area (Å²) >= 11 is 1.58. The van der Waals surface area contributed by atoms with Gasteiger partial charge in [-0.2, -0.15) is 0 Å². The van der Waals surface area contributed by atoms with Crippen LogP contribution in [-0.2, 0) is 6.61 Å². The molecule has 0 bridgehead atoms. The molecule has 0 radical (unpaired) electrons. The van der Waals surface area contributed by atoms with Gasteiger partial charge in [-0.3, -0.25) is 4.79 Å². The van der Waals surface area contributed by atoms with E-state index >= 15 is 0 Å². The van der Waals surface area contributed by atoms with Crippen LogP contribution in [0.15, 0.2) is 60.0 Å². The van der Waals surface area contributed by atoms with E-state index in [0.29, 0.717) is 6.54 Å². The Labute approximate surface area is 144 Å². The first kappa shape index (κ1) is 15.1. The summed E-state index contributed by atoms with van der Waals surface area (Å²) < 4.78 is 0. The maximum Gasteiger partial charge on any atom is 0.175 e. The number of fused-ring (bicyclic) bond motifs is 1. The van der Waals surface area contributed by atoms with Crippen molar-refractivity contribution < 1.29 is 9.90 Å². The lowest BCUT2D eigenvalue weighted by Gasteiger charge is -2.23. The summed E-state index contributed by atoms with van der Waals surface area (Å²) in [6, 6.07) is 17.7. The molecule has 1 atom stereocenters. The number of hydrogen-bond donors (Lipinski definition) is 2. The Morgan fingerprint density at radius 1 is 1.08 bits per heavy atom. The van der Waals surface area contributed by atoms with Gasteiger partial charge in [-0.15, -0.1) is 11.3 Å². The summed E-state index contributed by atoms with van der Waals surface area (Å²) in [5.41, 5.74) is 4.69. The van der Waals surface area contributed by atoms with Crippen molar-refractivity contribution >= 4 is 22.1 Å². The van der Waals surface area contributed by atoms with Crippen molar-refractivity contribution in [2.45, 2.75) is 12.5 Å². The van der Waals surface area contributed by atoms with Gasteiger partial charge in [0.2, 0.25) is 0 Å². The molecule has 24 heavy (non-hydrogen) atoms. The zero-order valence-corrected chi connectivity index (χ0v) is 13.8. The summed E-state index contributed by atoms with van der Waals surface area (Å²) in [6.07, 6.45) is 0. The number of rotatable bonds is 3. The topological polar surface area (TPSA) is 49.3 Å². The first-order chi connectivity index (χ1) is 11.8. The normalized spacial score (nSPS) is 16.5. The average molecular weight is 335 g/mol. The molecule has 0 fully saturated rings. The molecule has 120 valence electrons. The van der Waals surface area contributed by atoms with E-state index in [2.05, 4.69) is 5.32 Å². The van der Waals surface area contributed by atoms with E-state index in [-0.39, 0.29) is 18.3 Å². The molecule has 0 spiro atoms. The molecule has 3 nitrogen and oxygen atoms in total.